The number of esters is 1. The molecule has 90 valence electrons. The van der Waals surface area contributed by atoms with Gasteiger partial charge in [-0.2, -0.15) is 0 Å². The fraction of sp³-hybridized carbons (Fsp3) is 0.222. The van der Waals surface area contributed by atoms with Crippen LogP contribution in [0.25, 0.3) is 0 Å². The van der Waals surface area contributed by atoms with E-state index in [2.05, 4.69) is 4.74 Å². The largest absolute Gasteiger partial charge is 0.468 e. The molecule has 0 heterocycles. The van der Waals surface area contributed by atoms with E-state index in [0.717, 1.165) is 7.11 Å². The highest BCUT2D eigenvalue weighted by atomic mass is 35.5. The van der Waals surface area contributed by atoms with E-state index in [1.165, 1.54) is 0 Å². The molecule has 0 aromatic heterocycles. The second kappa shape index (κ2) is 5.72. The molecule has 0 aliphatic heterocycles. The van der Waals surface area contributed by atoms with Gasteiger partial charge in [0.15, 0.2) is 11.6 Å². The summed E-state index contributed by atoms with van der Waals surface area (Å²) in [6.45, 7) is 0. The molecular formula is C9H9ClF3NO2. The molecule has 0 bridgehead atoms. The Morgan fingerprint density at radius 3 is 2.44 bits per heavy atom. The van der Waals surface area contributed by atoms with Crippen LogP contribution in [0.3, 0.4) is 0 Å². The first kappa shape index (κ1) is 14.7. The molecule has 3 nitrogen and oxygen atoms in total. The normalized spacial score (nSPS) is 11.6. The predicted molar refractivity (Wildman–Crippen MR) is 52.5 cm³/mol. The summed E-state index contributed by atoms with van der Waals surface area (Å²) in [5, 5.41) is 0. The van der Waals surface area contributed by atoms with E-state index in [9.17, 15) is 18.0 Å². The maximum absolute atomic E-state index is 13.1. The Kier molecular flexibility index (Phi) is 5.26. The SMILES string of the molecule is COC(=O)[C@H](N)c1cc(F)cc(F)c1F.Cl. The number of methoxy groups -OCH3 is 1. The Hall–Kier alpha value is -1.27. The Labute approximate surface area is 95.8 Å². The summed E-state index contributed by atoms with van der Waals surface area (Å²) in [6.07, 6.45) is 0. The first-order chi connectivity index (χ1) is 6.97. The van der Waals surface area contributed by atoms with Crippen molar-refractivity contribution in [2.75, 3.05) is 7.11 Å². The van der Waals surface area contributed by atoms with Crippen LogP contribution in [0.4, 0.5) is 13.2 Å². The Morgan fingerprint density at radius 1 is 1.38 bits per heavy atom. The molecule has 0 radical (unpaired) electrons. The minimum atomic E-state index is -1.54. The zero-order valence-electron chi connectivity index (χ0n) is 8.17. The molecular weight excluding hydrogens is 247 g/mol. The van der Waals surface area contributed by atoms with E-state index in [1.54, 1.807) is 0 Å². The lowest BCUT2D eigenvalue weighted by molar-refractivity contribution is -0.142. The van der Waals surface area contributed by atoms with Crippen molar-refractivity contribution in [1.82, 2.24) is 0 Å². The molecule has 1 atom stereocenters. The topological polar surface area (TPSA) is 52.3 Å². The van der Waals surface area contributed by atoms with Crippen LogP contribution in [-0.2, 0) is 9.53 Å². The van der Waals surface area contributed by atoms with Crippen molar-refractivity contribution in [3.63, 3.8) is 0 Å². The van der Waals surface area contributed by atoms with Crippen molar-refractivity contribution in [2.24, 2.45) is 5.73 Å². The predicted octanol–water partition coefficient (Wildman–Crippen LogP) is 1.70. The molecule has 1 aromatic rings. The smallest absolute Gasteiger partial charge is 0.327 e. The van der Waals surface area contributed by atoms with Crippen LogP contribution in [0.15, 0.2) is 12.1 Å². The van der Waals surface area contributed by atoms with E-state index in [1.807, 2.05) is 0 Å². The molecule has 0 aliphatic rings. The molecule has 7 heteroatoms. The standard InChI is InChI=1S/C9H8F3NO2.ClH/c1-15-9(14)8(13)5-2-4(10)3-6(11)7(5)12;/h2-3,8H,13H2,1H3;1H/t8-;/m1./s1. The van der Waals surface area contributed by atoms with Gasteiger partial charge < -0.3 is 10.5 Å². The number of carbonyl (C=O) groups is 1. The summed E-state index contributed by atoms with van der Waals surface area (Å²) in [7, 11) is 1.04. The van der Waals surface area contributed by atoms with Crippen molar-refractivity contribution in [1.29, 1.82) is 0 Å². The van der Waals surface area contributed by atoms with Gasteiger partial charge in [-0.1, -0.05) is 0 Å². The summed E-state index contributed by atoms with van der Waals surface area (Å²) in [6, 6.07) is -0.525. The van der Waals surface area contributed by atoms with E-state index in [4.69, 9.17) is 5.73 Å². The third-order valence-corrected chi connectivity index (χ3v) is 1.81. The van der Waals surface area contributed by atoms with Crippen LogP contribution in [-0.4, -0.2) is 13.1 Å². The van der Waals surface area contributed by atoms with Crippen LogP contribution in [0.2, 0.25) is 0 Å². The summed E-state index contributed by atoms with van der Waals surface area (Å²) in [4.78, 5) is 10.9. The lowest BCUT2D eigenvalue weighted by Crippen LogP contribution is -2.24. The third kappa shape index (κ3) is 2.86. The molecule has 1 aromatic carbocycles. The van der Waals surface area contributed by atoms with Crippen molar-refractivity contribution in [3.05, 3.63) is 35.1 Å². The molecule has 0 fully saturated rings. The maximum atomic E-state index is 13.1. The maximum Gasteiger partial charge on any atom is 0.327 e. The molecule has 0 aliphatic carbocycles. The zero-order chi connectivity index (χ0) is 11.6. The summed E-state index contributed by atoms with van der Waals surface area (Å²) >= 11 is 0. The quantitative estimate of drug-likeness (QED) is 0.646. The molecule has 16 heavy (non-hydrogen) atoms. The van der Waals surface area contributed by atoms with E-state index >= 15 is 0 Å². The highest BCUT2D eigenvalue weighted by Crippen LogP contribution is 2.20. The first-order valence-electron chi connectivity index (χ1n) is 3.95. The van der Waals surface area contributed by atoms with Crippen LogP contribution in [0.1, 0.15) is 11.6 Å². The Bertz CT molecular complexity index is 401. The molecule has 2 N–H and O–H groups in total. The van der Waals surface area contributed by atoms with Gasteiger partial charge in [0.1, 0.15) is 11.9 Å². The fourth-order valence-corrected chi connectivity index (χ4v) is 1.06. The number of hydrogen-bond donors (Lipinski definition) is 1. The monoisotopic (exact) mass is 255 g/mol. The van der Waals surface area contributed by atoms with Gasteiger partial charge in [-0.15, -0.1) is 12.4 Å². The summed E-state index contributed by atoms with van der Waals surface area (Å²) in [5.74, 6) is -4.74. The average Bonchev–Trinajstić information content (AvgIpc) is 2.21. The van der Waals surface area contributed by atoms with E-state index in [0.29, 0.717) is 12.1 Å². The lowest BCUT2D eigenvalue weighted by atomic mass is 10.1. The van der Waals surface area contributed by atoms with Crippen molar-refractivity contribution >= 4 is 18.4 Å². The van der Waals surface area contributed by atoms with E-state index in [-0.39, 0.29) is 12.4 Å². The van der Waals surface area contributed by atoms with Crippen LogP contribution in [0.5, 0.6) is 0 Å². The number of nitrogens with two attached hydrogens (primary N) is 1. The third-order valence-electron chi connectivity index (χ3n) is 1.81. The number of carbonyl (C=O) groups excluding carboxylic acids is 1. The van der Waals surface area contributed by atoms with Crippen LogP contribution < -0.4 is 5.73 Å². The number of rotatable bonds is 2. The molecule has 0 saturated heterocycles. The van der Waals surface area contributed by atoms with Gasteiger partial charge in [-0.3, -0.25) is 4.79 Å². The number of hydrogen-bond acceptors (Lipinski definition) is 3. The number of halogens is 4. The molecule has 0 unspecified atom stereocenters. The second-order valence-electron chi connectivity index (χ2n) is 2.79. The van der Waals surface area contributed by atoms with Gasteiger partial charge in [0.05, 0.1) is 7.11 Å². The summed E-state index contributed by atoms with van der Waals surface area (Å²) in [5.41, 5.74) is 4.67. The van der Waals surface area contributed by atoms with E-state index < -0.39 is 35.0 Å². The zero-order valence-corrected chi connectivity index (χ0v) is 8.98. The van der Waals surface area contributed by atoms with Crippen LogP contribution in [0, 0.1) is 17.5 Å². The van der Waals surface area contributed by atoms with Crippen molar-refractivity contribution < 1.29 is 22.7 Å². The highest BCUT2D eigenvalue weighted by Gasteiger charge is 2.23. The average molecular weight is 256 g/mol. The van der Waals surface area contributed by atoms with Gasteiger partial charge in [-0.25, -0.2) is 13.2 Å². The Balaban J connectivity index is 0.00000225. The van der Waals surface area contributed by atoms with Gasteiger partial charge in [0.25, 0.3) is 0 Å². The minimum absolute atomic E-state index is 0. The second-order valence-corrected chi connectivity index (χ2v) is 2.79. The van der Waals surface area contributed by atoms with Crippen molar-refractivity contribution in [2.45, 2.75) is 6.04 Å². The highest BCUT2D eigenvalue weighted by molar-refractivity contribution is 5.85. The number of ether oxygens (including phenoxy) is 1. The van der Waals surface area contributed by atoms with Gasteiger partial charge >= 0.3 is 5.97 Å². The van der Waals surface area contributed by atoms with Crippen molar-refractivity contribution in [3.8, 4) is 0 Å². The molecule has 0 spiro atoms. The minimum Gasteiger partial charge on any atom is -0.468 e. The molecule has 1 rings (SSSR count). The van der Waals surface area contributed by atoms with Gasteiger partial charge in [0.2, 0.25) is 0 Å². The summed E-state index contributed by atoms with van der Waals surface area (Å²) < 4.78 is 42.8. The fourth-order valence-electron chi connectivity index (χ4n) is 1.06. The molecule has 0 amide bonds. The number of benzene rings is 1. The van der Waals surface area contributed by atoms with Crippen LogP contribution >= 0.6 is 12.4 Å². The van der Waals surface area contributed by atoms with Gasteiger partial charge in [0, 0.05) is 11.6 Å². The lowest BCUT2D eigenvalue weighted by Gasteiger charge is -2.10. The van der Waals surface area contributed by atoms with Gasteiger partial charge in [-0.05, 0) is 6.07 Å². The molecule has 0 saturated carbocycles. The first-order valence-corrected chi connectivity index (χ1v) is 3.95. The Morgan fingerprint density at radius 2 is 1.94 bits per heavy atom.